The summed E-state index contributed by atoms with van der Waals surface area (Å²) >= 11 is 1.95. The summed E-state index contributed by atoms with van der Waals surface area (Å²) in [6.45, 7) is 5.52. The second-order valence-corrected chi connectivity index (χ2v) is 14.0. The number of fused-ring (bicyclic) bond motifs is 2. The molecule has 1 amide bonds. The second-order valence-electron chi connectivity index (χ2n) is 12.5. The first-order chi connectivity index (χ1) is 18.5. The van der Waals surface area contributed by atoms with Crippen LogP contribution in [-0.4, -0.2) is 114 Å². The number of nitrogens with one attached hydrogen (secondary N) is 2. The van der Waals surface area contributed by atoms with Crippen LogP contribution in [0.15, 0.2) is 11.8 Å². The minimum atomic E-state index is -1.07. The van der Waals surface area contributed by atoms with Crippen LogP contribution in [-0.2, 0) is 9.59 Å². The van der Waals surface area contributed by atoms with Gasteiger partial charge in [0.2, 0.25) is 0 Å². The summed E-state index contributed by atoms with van der Waals surface area (Å²) in [5.74, 6) is -0.849. The van der Waals surface area contributed by atoms with Crippen LogP contribution in [0, 0.1) is 5.92 Å². The van der Waals surface area contributed by atoms with Gasteiger partial charge >= 0.3 is 0 Å². The van der Waals surface area contributed by atoms with Gasteiger partial charge < -0.3 is 25.3 Å². The van der Waals surface area contributed by atoms with Gasteiger partial charge in [-0.25, -0.2) is 4.39 Å². The van der Waals surface area contributed by atoms with Gasteiger partial charge in [-0.3, -0.25) is 9.59 Å². The molecule has 8 atom stereocenters. The summed E-state index contributed by atoms with van der Waals surface area (Å²) in [7, 11) is 2.19. The van der Waals surface area contributed by atoms with Crippen molar-refractivity contribution in [2.75, 3.05) is 46.3 Å². The predicted molar refractivity (Wildman–Crippen MR) is 150 cm³/mol. The Hall–Kier alpha value is -1.16. The standard InChI is InChI=1S/C29H46FN5O2S/c1-33-13-6-7-19(33)10-11-31-25-22(30)17-20-26-28(25)38-24-9-3-2-8-23(24)35(26)18-21(27(20)36)29(37)32-12-16-34-14-4-5-15-34/h18-20,22-26,28,31H,2-17H2,1H3,(H,32,37). The Morgan fingerprint density at radius 2 is 1.89 bits per heavy atom. The molecule has 3 saturated heterocycles. The third-order valence-electron chi connectivity index (χ3n) is 10.3. The van der Waals surface area contributed by atoms with Crippen molar-refractivity contribution >= 4 is 23.5 Å². The van der Waals surface area contributed by atoms with Gasteiger partial charge in [0.15, 0.2) is 5.78 Å². The first-order valence-corrected chi connectivity index (χ1v) is 16.2. The summed E-state index contributed by atoms with van der Waals surface area (Å²) in [6.07, 6.45) is 11.6. The summed E-state index contributed by atoms with van der Waals surface area (Å²) < 4.78 is 15.9. The number of amides is 1. The number of carbonyl (C=O) groups excluding carboxylic acids is 2. The SMILES string of the molecule is CN1CCCC1CCNC1C(F)CC2C(=O)C(C(=O)NCCN3CCCC3)=CN3C4CCCCC4SC1C23. The Morgan fingerprint density at radius 1 is 1.08 bits per heavy atom. The molecule has 0 radical (unpaired) electrons. The minimum absolute atomic E-state index is 0.0216. The van der Waals surface area contributed by atoms with Crippen LogP contribution in [0.5, 0.6) is 0 Å². The highest BCUT2D eigenvalue weighted by Gasteiger charge is 2.57. The Balaban J connectivity index is 1.18. The van der Waals surface area contributed by atoms with E-state index < -0.39 is 12.1 Å². The van der Waals surface area contributed by atoms with E-state index in [4.69, 9.17) is 0 Å². The van der Waals surface area contributed by atoms with Crippen LogP contribution >= 0.6 is 11.8 Å². The van der Waals surface area contributed by atoms with Gasteiger partial charge in [-0.2, -0.15) is 0 Å². The Morgan fingerprint density at radius 3 is 2.68 bits per heavy atom. The number of ketones is 1. The Bertz CT molecular complexity index is 913. The second kappa shape index (κ2) is 11.8. The lowest BCUT2D eigenvalue weighted by molar-refractivity contribution is -0.130. The average Bonchev–Trinajstić information content (AvgIpc) is 3.58. The van der Waals surface area contributed by atoms with Crippen LogP contribution in [0.3, 0.4) is 0 Å². The number of thioether (sulfide) groups is 1. The monoisotopic (exact) mass is 547 g/mol. The highest BCUT2D eigenvalue weighted by atomic mass is 32.2. The van der Waals surface area contributed by atoms with Crippen molar-refractivity contribution in [3.05, 3.63) is 11.8 Å². The molecule has 38 heavy (non-hydrogen) atoms. The number of hydrogen-bond donors (Lipinski definition) is 2. The molecular formula is C29H46FN5O2S. The fourth-order valence-electron chi connectivity index (χ4n) is 8.18. The van der Waals surface area contributed by atoms with Gasteiger partial charge in [-0.15, -0.1) is 11.8 Å². The lowest BCUT2D eigenvalue weighted by Gasteiger charge is -2.59. The van der Waals surface area contributed by atoms with Crippen molar-refractivity contribution in [2.45, 2.75) is 105 Å². The van der Waals surface area contributed by atoms with Crippen LogP contribution in [0.4, 0.5) is 4.39 Å². The number of alkyl halides is 1. The molecule has 7 nitrogen and oxygen atoms in total. The van der Waals surface area contributed by atoms with E-state index in [1.807, 2.05) is 18.0 Å². The highest BCUT2D eigenvalue weighted by molar-refractivity contribution is 8.00. The third kappa shape index (κ3) is 5.29. The fourth-order valence-corrected chi connectivity index (χ4v) is 10.3. The molecule has 4 heterocycles. The molecule has 2 saturated carbocycles. The highest BCUT2D eigenvalue weighted by Crippen LogP contribution is 2.51. The van der Waals surface area contributed by atoms with Gasteiger partial charge in [0.05, 0.1) is 17.7 Å². The van der Waals surface area contributed by atoms with Gasteiger partial charge in [0.25, 0.3) is 5.91 Å². The van der Waals surface area contributed by atoms with Crippen molar-refractivity contribution in [1.29, 1.82) is 0 Å². The van der Waals surface area contributed by atoms with E-state index >= 15 is 4.39 Å². The topological polar surface area (TPSA) is 67.9 Å². The number of hydrogen-bond acceptors (Lipinski definition) is 7. The molecule has 0 spiro atoms. The Labute approximate surface area is 231 Å². The average molecular weight is 548 g/mol. The zero-order chi connectivity index (χ0) is 26.2. The van der Waals surface area contributed by atoms with E-state index in [1.54, 1.807) is 0 Å². The van der Waals surface area contributed by atoms with E-state index in [0.29, 0.717) is 23.9 Å². The van der Waals surface area contributed by atoms with Crippen molar-refractivity contribution < 1.29 is 14.0 Å². The molecule has 0 aromatic heterocycles. The molecule has 5 fully saturated rings. The van der Waals surface area contributed by atoms with E-state index in [2.05, 4.69) is 32.4 Å². The largest absolute Gasteiger partial charge is 0.368 e. The summed E-state index contributed by atoms with van der Waals surface area (Å²) in [4.78, 5) is 34.1. The molecular weight excluding hydrogens is 501 g/mol. The fraction of sp³-hybridized carbons (Fsp3) is 0.862. The van der Waals surface area contributed by atoms with E-state index in [1.165, 1.54) is 38.5 Å². The summed E-state index contributed by atoms with van der Waals surface area (Å²) in [5.41, 5.74) is 0.255. The molecule has 9 heteroatoms. The van der Waals surface area contributed by atoms with Crippen molar-refractivity contribution in [2.24, 2.45) is 5.92 Å². The molecule has 0 aromatic carbocycles. The quantitative estimate of drug-likeness (QED) is 0.453. The molecule has 212 valence electrons. The van der Waals surface area contributed by atoms with Gasteiger partial charge in [0.1, 0.15) is 6.17 Å². The lowest BCUT2D eigenvalue weighted by atomic mass is 9.72. The van der Waals surface area contributed by atoms with E-state index in [-0.39, 0.29) is 41.0 Å². The van der Waals surface area contributed by atoms with Crippen LogP contribution in [0.2, 0.25) is 0 Å². The molecule has 0 aromatic rings. The van der Waals surface area contributed by atoms with Crippen molar-refractivity contribution in [3.63, 3.8) is 0 Å². The molecule has 2 N–H and O–H groups in total. The minimum Gasteiger partial charge on any atom is -0.368 e. The van der Waals surface area contributed by atoms with Crippen LogP contribution in [0.1, 0.15) is 64.2 Å². The van der Waals surface area contributed by atoms with Crippen molar-refractivity contribution in [1.82, 2.24) is 25.3 Å². The molecule has 0 bridgehead atoms. The normalized spacial score (nSPS) is 39.6. The molecule has 8 unspecified atom stereocenters. The van der Waals surface area contributed by atoms with E-state index in [0.717, 1.165) is 52.0 Å². The first kappa shape index (κ1) is 27.0. The van der Waals surface area contributed by atoms with Crippen molar-refractivity contribution in [3.8, 4) is 0 Å². The maximum Gasteiger partial charge on any atom is 0.256 e. The maximum absolute atomic E-state index is 15.9. The maximum atomic E-state index is 15.9. The summed E-state index contributed by atoms with van der Waals surface area (Å²) in [6, 6.07) is 0.657. The van der Waals surface area contributed by atoms with Crippen LogP contribution in [0.25, 0.3) is 0 Å². The Kier molecular flexibility index (Phi) is 8.36. The number of carbonyl (C=O) groups is 2. The van der Waals surface area contributed by atoms with E-state index in [9.17, 15) is 9.59 Å². The lowest BCUT2D eigenvalue weighted by Crippen LogP contribution is -2.70. The zero-order valence-electron chi connectivity index (χ0n) is 23.0. The third-order valence-corrected chi connectivity index (χ3v) is 12.1. The number of Topliss-reactive ketones (excluding diaryl/α,β-unsaturated/α-hetero) is 1. The number of nitrogens with zero attached hydrogens (tertiary/aromatic N) is 3. The van der Waals surface area contributed by atoms with Gasteiger partial charge in [-0.1, -0.05) is 12.8 Å². The molecule has 6 rings (SSSR count). The van der Waals surface area contributed by atoms with Gasteiger partial charge in [-0.05, 0) is 84.6 Å². The zero-order valence-corrected chi connectivity index (χ0v) is 23.8. The van der Waals surface area contributed by atoms with Crippen LogP contribution < -0.4 is 10.6 Å². The predicted octanol–water partition coefficient (Wildman–Crippen LogP) is 2.56. The number of rotatable bonds is 8. The molecule has 4 aliphatic heterocycles. The van der Waals surface area contributed by atoms with Gasteiger partial charge in [0, 0.05) is 47.8 Å². The molecule has 6 aliphatic rings. The first-order valence-electron chi connectivity index (χ1n) is 15.3. The summed E-state index contributed by atoms with van der Waals surface area (Å²) in [5, 5.41) is 7.13. The number of likely N-dealkylation sites (tertiary alicyclic amines) is 2. The number of halogens is 1. The molecule has 2 aliphatic carbocycles. The smallest absolute Gasteiger partial charge is 0.256 e.